The highest BCUT2D eigenvalue weighted by molar-refractivity contribution is 9.10. The van der Waals surface area contributed by atoms with Gasteiger partial charge in [0.25, 0.3) is 0 Å². The summed E-state index contributed by atoms with van der Waals surface area (Å²) in [7, 11) is 0. The van der Waals surface area contributed by atoms with Crippen molar-refractivity contribution in [3.63, 3.8) is 0 Å². The molecule has 1 aliphatic heterocycles. The van der Waals surface area contributed by atoms with Gasteiger partial charge >= 0.3 is 0 Å². The Morgan fingerprint density at radius 1 is 1.42 bits per heavy atom. The fourth-order valence-corrected chi connectivity index (χ4v) is 3.53. The maximum Gasteiger partial charge on any atom is 0.166 e. The van der Waals surface area contributed by atoms with Crippen LogP contribution in [0.25, 0.3) is 11.3 Å². The molecule has 0 aliphatic carbocycles. The van der Waals surface area contributed by atoms with E-state index in [0.29, 0.717) is 40.4 Å². The van der Waals surface area contributed by atoms with E-state index in [9.17, 15) is 4.39 Å². The molecule has 0 radical (unpaired) electrons. The van der Waals surface area contributed by atoms with Gasteiger partial charge in [-0.05, 0) is 41.1 Å². The van der Waals surface area contributed by atoms with Crippen LogP contribution in [0.3, 0.4) is 0 Å². The molecule has 0 amide bonds. The van der Waals surface area contributed by atoms with Crippen LogP contribution in [0.15, 0.2) is 41.6 Å². The number of nitrogens with zero attached hydrogens (tertiary/aromatic N) is 3. The number of fused-ring (bicyclic) bond motifs is 2. The Morgan fingerprint density at radius 2 is 2.27 bits per heavy atom. The van der Waals surface area contributed by atoms with Crippen LogP contribution in [0.1, 0.15) is 24.1 Å². The van der Waals surface area contributed by atoms with Crippen molar-refractivity contribution in [1.82, 2.24) is 19.9 Å². The van der Waals surface area contributed by atoms with Gasteiger partial charge < -0.3 is 15.4 Å². The van der Waals surface area contributed by atoms with Gasteiger partial charge in [0.2, 0.25) is 0 Å². The van der Waals surface area contributed by atoms with Crippen molar-refractivity contribution in [1.29, 1.82) is 0 Å². The highest BCUT2D eigenvalue weighted by atomic mass is 79.9. The number of hydrogen-bond donors (Lipinski definition) is 2. The molecule has 0 saturated heterocycles. The highest BCUT2D eigenvalue weighted by Crippen LogP contribution is 2.35. The van der Waals surface area contributed by atoms with Crippen LogP contribution in [0.4, 0.5) is 10.2 Å². The number of benzene rings is 1. The third kappa shape index (κ3) is 3.01. The molecule has 6 nitrogen and oxygen atoms in total. The van der Waals surface area contributed by atoms with Crippen LogP contribution in [-0.2, 0) is 0 Å². The largest absolute Gasteiger partial charge is 0.490 e. The smallest absolute Gasteiger partial charge is 0.166 e. The van der Waals surface area contributed by atoms with Crippen molar-refractivity contribution in [2.24, 2.45) is 0 Å². The summed E-state index contributed by atoms with van der Waals surface area (Å²) in [6.45, 7) is 6.95. The van der Waals surface area contributed by atoms with Crippen molar-refractivity contribution >= 4 is 33.1 Å². The zero-order valence-corrected chi connectivity index (χ0v) is 15.7. The minimum atomic E-state index is -0.329. The molecule has 1 aliphatic rings. The fourth-order valence-electron chi connectivity index (χ4n) is 2.97. The van der Waals surface area contributed by atoms with E-state index in [4.69, 9.17) is 4.74 Å². The van der Waals surface area contributed by atoms with E-state index in [1.807, 2.05) is 19.2 Å². The zero-order valence-electron chi connectivity index (χ0n) is 14.1. The Morgan fingerprint density at radius 3 is 3.12 bits per heavy atom. The summed E-state index contributed by atoms with van der Waals surface area (Å²) in [6.07, 6.45) is 3.55. The van der Waals surface area contributed by atoms with Gasteiger partial charge in [0.1, 0.15) is 24.0 Å². The Labute approximate surface area is 158 Å². The van der Waals surface area contributed by atoms with Gasteiger partial charge in [0, 0.05) is 24.0 Å². The summed E-state index contributed by atoms with van der Waals surface area (Å²) in [5.41, 5.74) is 2.95. The maximum absolute atomic E-state index is 14.0. The minimum absolute atomic E-state index is 0.213. The topological polar surface area (TPSA) is 63.5 Å². The van der Waals surface area contributed by atoms with E-state index in [-0.39, 0.29) is 11.9 Å². The summed E-state index contributed by atoms with van der Waals surface area (Å²) in [5.74, 6) is 0.942. The van der Waals surface area contributed by atoms with E-state index >= 15 is 0 Å². The monoisotopic (exact) mass is 417 g/mol. The second kappa shape index (κ2) is 6.60. The van der Waals surface area contributed by atoms with Gasteiger partial charge in [-0.2, -0.15) is 5.10 Å². The zero-order chi connectivity index (χ0) is 18.3. The first-order chi connectivity index (χ1) is 12.5. The van der Waals surface area contributed by atoms with Crippen LogP contribution in [0.5, 0.6) is 5.75 Å². The van der Waals surface area contributed by atoms with Gasteiger partial charge in [-0.3, -0.25) is 0 Å². The highest BCUT2D eigenvalue weighted by Gasteiger charge is 2.19. The summed E-state index contributed by atoms with van der Waals surface area (Å²) in [5, 5.41) is 10.8. The van der Waals surface area contributed by atoms with Gasteiger partial charge in [0.15, 0.2) is 5.65 Å². The third-order valence-electron chi connectivity index (χ3n) is 4.25. The molecular weight excluding hydrogens is 401 g/mol. The van der Waals surface area contributed by atoms with E-state index in [0.717, 1.165) is 11.3 Å². The Hall–Kier alpha value is -2.61. The van der Waals surface area contributed by atoms with Crippen molar-refractivity contribution in [3.05, 3.63) is 58.6 Å². The summed E-state index contributed by atoms with van der Waals surface area (Å²) in [6, 6.07) is 4.49. The number of ether oxygens (including phenoxy) is 1. The number of rotatable bonds is 0. The third-order valence-corrected chi connectivity index (χ3v) is 4.84. The number of halogens is 2. The molecule has 3 heterocycles. The molecule has 0 saturated carbocycles. The summed E-state index contributed by atoms with van der Waals surface area (Å²) >= 11 is 3.40. The molecule has 2 N–H and O–H groups in total. The Bertz CT molecular complexity index is 1000. The molecule has 2 aromatic heterocycles. The second-order valence-electron chi connectivity index (χ2n) is 6.06. The lowest BCUT2D eigenvalue weighted by atomic mass is 10.1. The molecule has 0 spiro atoms. The SMILES string of the molecule is C=C1NCCOc2c(Br)cc(F)cc2[C@@H](C)Nc2ccn3ncc1c3n2. The molecule has 3 aromatic rings. The molecule has 4 rings (SSSR count). The lowest BCUT2D eigenvalue weighted by Gasteiger charge is -2.20. The standard InChI is InChI=1S/C18H17BrFN5O/c1-10-14-9-22-25-5-3-16(24-18(14)25)23-11(2)13-7-12(20)8-15(19)17(13)26-6-4-21-10/h3,5,7-9,11,21H,1,4,6H2,2H3,(H,23,24)/t11-/m1/s1. The van der Waals surface area contributed by atoms with Crippen LogP contribution in [0, 0.1) is 5.82 Å². The van der Waals surface area contributed by atoms with Crippen LogP contribution < -0.4 is 15.4 Å². The van der Waals surface area contributed by atoms with Gasteiger partial charge in [-0.1, -0.05) is 6.58 Å². The second-order valence-corrected chi connectivity index (χ2v) is 6.92. The van der Waals surface area contributed by atoms with Crippen LogP contribution >= 0.6 is 15.9 Å². The minimum Gasteiger partial charge on any atom is -0.490 e. The van der Waals surface area contributed by atoms with E-state index < -0.39 is 0 Å². The average Bonchev–Trinajstić information content (AvgIpc) is 3.02. The van der Waals surface area contributed by atoms with Gasteiger partial charge in [-0.15, -0.1) is 0 Å². The maximum atomic E-state index is 14.0. The van der Waals surface area contributed by atoms with E-state index in [1.165, 1.54) is 12.1 Å². The molecule has 134 valence electrons. The predicted molar refractivity (Wildman–Crippen MR) is 102 cm³/mol. The fraction of sp³-hybridized carbons (Fsp3) is 0.222. The summed E-state index contributed by atoms with van der Waals surface area (Å²) in [4.78, 5) is 4.64. The first kappa shape index (κ1) is 16.8. The van der Waals surface area contributed by atoms with Crippen LogP contribution in [0.2, 0.25) is 0 Å². The van der Waals surface area contributed by atoms with Gasteiger partial charge in [-0.25, -0.2) is 13.9 Å². The quantitative estimate of drug-likeness (QED) is 0.582. The normalized spacial score (nSPS) is 17.3. The number of anilines is 1. The van der Waals surface area contributed by atoms with Crippen molar-refractivity contribution in [3.8, 4) is 5.75 Å². The van der Waals surface area contributed by atoms with Crippen molar-refractivity contribution in [2.75, 3.05) is 18.5 Å². The molecule has 1 atom stereocenters. The Balaban J connectivity index is 1.82. The first-order valence-electron chi connectivity index (χ1n) is 8.19. The predicted octanol–water partition coefficient (Wildman–Crippen LogP) is 3.76. The van der Waals surface area contributed by atoms with E-state index in [1.54, 1.807) is 10.7 Å². The lowest BCUT2D eigenvalue weighted by Crippen LogP contribution is -2.20. The van der Waals surface area contributed by atoms with E-state index in [2.05, 4.69) is 43.2 Å². The average molecular weight is 418 g/mol. The van der Waals surface area contributed by atoms with Crippen LogP contribution in [-0.4, -0.2) is 27.7 Å². The molecule has 1 aromatic carbocycles. The summed E-state index contributed by atoms with van der Waals surface area (Å²) < 4.78 is 22.1. The Kier molecular flexibility index (Phi) is 4.28. The van der Waals surface area contributed by atoms with Crippen molar-refractivity contribution < 1.29 is 9.13 Å². The van der Waals surface area contributed by atoms with Gasteiger partial charge in [0.05, 0.1) is 22.3 Å². The van der Waals surface area contributed by atoms with Crippen molar-refractivity contribution in [2.45, 2.75) is 13.0 Å². The molecule has 0 fully saturated rings. The number of aromatic nitrogens is 3. The molecule has 2 bridgehead atoms. The number of hydrogen-bond acceptors (Lipinski definition) is 5. The first-order valence-corrected chi connectivity index (χ1v) is 8.98. The molecule has 8 heteroatoms. The number of nitrogens with one attached hydrogen (secondary N) is 2. The molecular formula is C18H17BrFN5O. The molecule has 26 heavy (non-hydrogen) atoms. The lowest BCUT2D eigenvalue weighted by molar-refractivity contribution is 0.314. The molecule has 0 unspecified atom stereocenters.